The van der Waals surface area contributed by atoms with Crippen LogP contribution in [-0.4, -0.2) is 10.2 Å². The molecule has 5 rings (SSSR count). The van der Waals surface area contributed by atoms with E-state index in [0.29, 0.717) is 23.3 Å². The third-order valence-corrected chi connectivity index (χ3v) is 7.15. The Morgan fingerprint density at radius 3 is 2.50 bits per heavy atom. The first-order valence-corrected chi connectivity index (χ1v) is 9.60. The quantitative estimate of drug-likeness (QED) is 0.648. The minimum atomic E-state index is 0.0534. The van der Waals surface area contributed by atoms with Gasteiger partial charge in [0.25, 0.3) is 0 Å². The third kappa shape index (κ3) is 1.83. The number of benzene rings is 2. The van der Waals surface area contributed by atoms with E-state index >= 15 is 0 Å². The second-order valence-corrected chi connectivity index (χ2v) is 8.63. The van der Waals surface area contributed by atoms with Crippen LogP contribution in [0.25, 0.3) is 10.8 Å². The number of fused-ring (bicyclic) bond motifs is 6. The van der Waals surface area contributed by atoms with E-state index in [9.17, 15) is 10.2 Å². The number of aromatic hydroxyl groups is 2. The van der Waals surface area contributed by atoms with E-state index in [1.807, 2.05) is 6.07 Å². The molecule has 2 fully saturated rings. The van der Waals surface area contributed by atoms with Crippen molar-refractivity contribution in [1.82, 2.24) is 0 Å². The Bertz CT molecular complexity index is 832. The number of phenolic OH excluding ortho intramolecular Hbond substituents is 2. The Labute approximate surface area is 143 Å². The Morgan fingerprint density at radius 1 is 0.917 bits per heavy atom. The van der Waals surface area contributed by atoms with Gasteiger partial charge in [0.15, 0.2) is 0 Å². The molecule has 2 unspecified atom stereocenters. The summed E-state index contributed by atoms with van der Waals surface area (Å²) in [6, 6.07) is 6.39. The predicted molar refractivity (Wildman–Crippen MR) is 97.0 cm³/mol. The monoisotopic (exact) mass is 322 g/mol. The van der Waals surface area contributed by atoms with Crippen molar-refractivity contribution in [2.45, 2.75) is 75.5 Å². The van der Waals surface area contributed by atoms with Gasteiger partial charge >= 0.3 is 0 Å². The highest BCUT2D eigenvalue weighted by atomic mass is 16.3. The SMILES string of the molecule is CC12CCC(C1)c1c2c(O)c2ccc(C3CCCCC3)cc2c1O. The molecule has 2 heteroatoms. The molecule has 0 heterocycles. The van der Waals surface area contributed by atoms with Crippen LogP contribution in [0.1, 0.15) is 86.8 Å². The molecule has 0 radical (unpaired) electrons. The highest BCUT2D eigenvalue weighted by Gasteiger charge is 2.49. The van der Waals surface area contributed by atoms with Crippen molar-refractivity contribution in [3.8, 4) is 11.5 Å². The van der Waals surface area contributed by atoms with Crippen molar-refractivity contribution < 1.29 is 10.2 Å². The Hall–Kier alpha value is -1.70. The van der Waals surface area contributed by atoms with Crippen LogP contribution in [0.4, 0.5) is 0 Å². The van der Waals surface area contributed by atoms with Gasteiger partial charge in [-0.15, -0.1) is 0 Å². The van der Waals surface area contributed by atoms with E-state index in [2.05, 4.69) is 19.1 Å². The first kappa shape index (κ1) is 14.6. The fraction of sp³-hybridized carbons (Fsp3) is 0.545. The van der Waals surface area contributed by atoms with E-state index in [1.54, 1.807) is 0 Å². The molecule has 2 aromatic carbocycles. The summed E-state index contributed by atoms with van der Waals surface area (Å²) in [5, 5.41) is 23.7. The minimum Gasteiger partial charge on any atom is -0.507 e. The molecule has 0 amide bonds. The van der Waals surface area contributed by atoms with Gasteiger partial charge in [0, 0.05) is 21.9 Å². The van der Waals surface area contributed by atoms with Crippen molar-refractivity contribution in [3.63, 3.8) is 0 Å². The summed E-state index contributed by atoms with van der Waals surface area (Å²) in [5.41, 5.74) is 3.48. The average molecular weight is 322 g/mol. The van der Waals surface area contributed by atoms with Gasteiger partial charge < -0.3 is 10.2 Å². The fourth-order valence-corrected chi connectivity index (χ4v) is 5.90. The van der Waals surface area contributed by atoms with Crippen LogP contribution in [0.3, 0.4) is 0 Å². The first-order chi connectivity index (χ1) is 11.6. The number of hydrogen-bond donors (Lipinski definition) is 2. The molecule has 2 aromatic rings. The predicted octanol–water partition coefficient (Wildman–Crippen LogP) is 5.84. The summed E-state index contributed by atoms with van der Waals surface area (Å²) in [7, 11) is 0. The van der Waals surface area contributed by atoms with Crippen LogP contribution in [-0.2, 0) is 5.41 Å². The summed E-state index contributed by atoms with van der Waals surface area (Å²) < 4.78 is 0. The second-order valence-electron chi connectivity index (χ2n) is 8.63. The molecular weight excluding hydrogens is 296 g/mol. The van der Waals surface area contributed by atoms with Crippen molar-refractivity contribution in [1.29, 1.82) is 0 Å². The molecule has 0 saturated heterocycles. The van der Waals surface area contributed by atoms with E-state index in [4.69, 9.17) is 0 Å². The number of phenols is 2. The largest absolute Gasteiger partial charge is 0.507 e. The zero-order valence-electron chi connectivity index (χ0n) is 14.4. The fourth-order valence-electron chi connectivity index (χ4n) is 5.90. The van der Waals surface area contributed by atoms with Crippen LogP contribution in [0, 0.1) is 0 Å². The summed E-state index contributed by atoms with van der Waals surface area (Å²) >= 11 is 0. The molecule has 2 N–H and O–H groups in total. The van der Waals surface area contributed by atoms with Gasteiger partial charge in [0.2, 0.25) is 0 Å². The van der Waals surface area contributed by atoms with Crippen molar-refractivity contribution >= 4 is 10.8 Å². The Balaban J connectivity index is 1.72. The molecule has 24 heavy (non-hydrogen) atoms. The van der Waals surface area contributed by atoms with Crippen molar-refractivity contribution in [2.24, 2.45) is 0 Å². The molecule has 3 aliphatic carbocycles. The van der Waals surface area contributed by atoms with Crippen molar-refractivity contribution in [2.75, 3.05) is 0 Å². The minimum absolute atomic E-state index is 0.0534. The van der Waals surface area contributed by atoms with Crippen LogP contribution in [0.5, 0.6) is 11.5 Å². The summed E-state index contributed by atoms with van der Waals surface area (Å²) in [4.78, 5) is 0. The highest BCUT2D eigenvalue weighted by molar-refractivity contribution is 5.97. The van der Waals surface area contributed by atoms with Crippen LogP contribution in [0.2, 0.25) is 0 Å². The maximum Gasteiger partial charge on any atom is 0.127 e. The van der Waals surface area contributed by atoms with Gasteiger partial charge in [0.1, 0.15) is 11.5 Å². The average Bonchev–Trinajstić information content (AvgIpc) is 3.14. The summed E-state index contributed by atoms with van der Waals surface area (Å²) in [6.45, 7) is 2.25. The maximum atomic E-state index is 11.0. The lowest BCUT2D eigenvalue weighted by atomic mass is 9.78. The van der Waals surface area contributed by atoms with Crippen LogP contribution in [0.15, 0.2) is 18.2 Å². The lowest BCUT2D eigenvalue weighted by Crippen LogP contribution is -2.16. The molecule has 0 aliphatic heterocycles. The molecule has 2 nitrogen and oxygen atoms in total. The zero-order valence-corrected chi connectivity index (χ0v) is 14.4. The smallest absolute Gasteiger partial charge is 0.127 e. The van der Waals surface area contributed by atoms with Crippen molar-refractivity contribution in [3.05, 3.63) is 34.9 Å². The molecule has 2 atom stereocenters. The summed E-state index contributed by atoms with van der Waals surface area (Å²) in [5.74, 6) is 1.92. The van der Waals surface area contributed by atoms with Gasteiger partial charge in [-0.05, 0) is 61.0 Å². The molecule has 0 aromatic heterocycles. The third-order valence-electron chi connectivity index (χ3n) is 7.15. The summed E-state index contributed by atoms with van der Waals surface area (Å²) in [6.07, 6.45) is 9.83. The number of hydrogen-bond acceptors (Lipinski definition) is 2. The van der Waals surface area contributed by atoms with Crippen LogP contribution < -0.4 is 0 Å². The highest BCUT2D eigenvalue weighted by Crippen LogP contribution is 2.63. The van der Waals surface area contributed by atoms with E-state index < -0.39 is 0 Å². The molecule has 3 aliphatic rings. The second kappa shape index (κ2) is 4.91. The topological polar surface area (TPSA) is 40.5 Å². The zero-order chi connectivity index (χ0) is 16.5. The van der Waals surface area contributed by atoms with Gasteiger partial charge in [-0.2, -0.15) is 0 Å². The van der Waals surface area contributed by atoms with Crippen LogP contribution >= 0.6 is 0 Å². The van der Waals surface area contributed by atoms with Gasteiger partial charge in [-0.3, -0.25) is 0 Å². The molecule has 2 bridgehead atoms. The maximum absolute atomic E-state index is 11.0. The molecule has 0 spiro atoms. The van der Waals surface area contributed by atoms with Gasteiger partial charge in [-0.25, -0.2) is 0 Å². The van der Waals surface area contributed by atoms with Gasteiger partial charge in [-0.1, -0.05) is 38.3 Å². The normalized spacial score (nSPS) is 29.3. The van der Waals surface area contributed by atoms with Gasteiger partial charge in [0.05, 0.1) is 0 Å². The molecular formula is C22H26O2. The standard InChI is InChI=1S/C22H26O2/c1-22-10-9-15(12-22)18-19(22)21(24)16-8-7-14(11-17(16)20(18)23)13-5-3-2-4-6-13/h7-8,11,13,15,23-24H,2-6,9-10,12H2,1H3. The lowest BCUT2D eigenvalue weighted by molar-refractivity contribution is 0.426. The Morgan fingerprint density at radius 2 is 1.71 bits per heavy atom. The Kier molecular flexibility index (Phi) is 2.99. The van der Waals surface area contributed by atoms with E-state index in [0.717, 1.165) is 41.2 Å². The first-order valence-electron chi connectivity index (χ1n) is 9.60. The van der Waals surface area contributed by atoms with E-state index in [-0.39, 0.29) is 5.41 Å². The molecule has 2 saturated carbocycles. The van der Waals surface area contributed by atoms with E-state index in [1.165, 1.54) is 37.7 Å². The molecule has 126 valence electrons. The lowest BCUT2D eigenvalue weighted by Gasteiger charge is -2.27. The number of rotatable bonds is 1.